The van der Waals surface area contributed by atoms with Crippen molar-refractivity contribution < 1.29 is 19.5 Å². The zero-order valence-corrected chi connectivity index (χ0v) is 24.7. The first-order chi connectivity index (χ1) is 18.4. The lowest BCUT2D eigenvalue weighted by Crippen LogP contribution is -2.60. The van der Waals surface area contributed by atoms with Gasteiger partial charge in [-0.25, -0.2) is 0 Å². The van der Waals surface area contributed by atoms with Gasteiger partial charge < -0.3 is 19.8 Å². The Balaban J connectivity index is 1.78. The molecule has 7 nitrogen and oxygen atoms in total. The van der Waals surface area contributed by atoms with Gasteiger partial charge in [0.25, 0.3) is 0 Å². The number of carbonyl (C=O) groups is 3. The topological polar surface area (TPSA) is 81.2 Å². The molecule has 3 heterocycles. The third kappa shape index (κ3) is 4.84. The molecule has 3 amide bonds. The van der Waals surface area contributed by atoms with Gasteiger partial charge in [-0.2, -0.15) is 0 Å². The molecule has 1 aromatic carbocycles. The molecule has 1 N–H and O–H groups in total. The number of carbonyl (C=O) groups excluding carboxylic acids is 3. The number of aliphatic hydroxyl groups is 1. The number of aliphatic hydroxyl groups excluding tert-OH is 1. The van der Waals surface area contributed by atoms with Gasteiger partial charge in [0.15, 0.2) is 0 Å². The molecule has 3 aliphatic heterocycles. The normalized spacial score (nSPS) is 30.2. The van der Waals surface area contributed by atoms with E-state index in [1.165, 1.54) is 0 Å². The van der Waals surface area contributed by atoms with E-state index < -0.39 is 39.0 Å². The van der Waals surface area contributed by atoms with Crippen LogP contribution in [0.25, 0.3) is 0 Å². The highest BCUT2D eigenvalue weighted by molar-refractivity contribution is 8.02. The smallest absolute Gasteiger partial charge is 0.247 e. The van der Waals surface area contributed by atoms with Crippen molar-refractivity contribution in [3.05, 3.63) is 61.2 Å². The van der Waals surface area contributed by atoms with E-state index >= 15 is 0 Å². The van der Waals surface area contributed by atoms with Crippen LogP contribution in [-0.2, 0) is 20.9 Å². The summed E-state index contributed by atoms with van der Waals surface area (Å²) in [4.78, 5) is 48.3. The van der Waals surface area contributed by atoms with Gasteiger partial charge >= 0.3 is 0 Å². The van der Waals surface area contributed by atoms with Crippen LogP contribution in [0.15, 0.2) is 55.6 Å². The number of amides is 3. The van der Waals surface area contributed by atoms with E-state index in [-0.39, 0.29) is 24.3 Å². The molecule has 0 aliphatic carbocycles. The molecule has 39 heavy (non-hydrogen) atoms. The zero-order chi connectivity index (χ0) is 28.8. The summed E-state index contributed by atoms with van der Waals surface area (Å²) in [7, 11) is 0. The van der Waals surface area contributed by atoms with Crippen LogP contribution in [-0.4, -0.2) is 84.3 Å². The average Bonchev–Trinajstić information content (AvgIpc) is 3.46. The number of likely N-dealkylation sites (tertiary alicyclic amines) is 1. The fraction of sp³-hybridized carbons (Fsp3) is 0.581. The molecule has 2 bridgehead atoms. The molecule has 0 radical (unpaired) electrons. The van der Waals surface area contributed by atoms with Crippen molar-refractivity contribution in [1.82, 2.24) is 14.7 Å². The largest absolute Gasteiger partial charge is 0.394 e. The van der Waals surface area contributed by atoms with Crippen LogP contribution in [0.3, 0.4) is 0 Å². The Labute approximate surface area is 237 Å². The molecule has 0 saturated carbocycles. The fourth-order valence-electron chi connectivity index (χ4n) is 6.94. The Bertz CT molecular complexity index is 1130. The number of thioether (sulfide) groups is 1. The lowest BCUT2D eigenvalue weighted by atomic mass is 9.66. The van der Waals surface area contributed by atoms with Gasteiger partial charge in [0, 0.05) is 29.9 Å². The van der Waals surface area contributed by atoms with Crippen molar-refractivity contribution in [2.24, 2.45) is 11.8 Å². The van der Waals surface area contributed by atoms with Crippen LogP contribution >= 0.6 is 11.8 Å². The van der Waals surface area contributed by atoms with Gasteiger partial charge in [-0.15, -0.1) is 24.9 Å². The maximum absolute atomic E-state index is 14.4. The number of rotatable bonds is 10. The molecule has 1 spiro atoms. The van der Waals surface area contributed by atoms with E-state index in [4.69, 9.17) is 0 Å². The van der Waals surface area contributed by atoms with Crippen LogP contribution in [0.1, 0.15) is 53.0 Å². The quantitative estimate of drug-likeness (QED) is 0.445. The van der Waals surface area contributed by atoms with Crippen molar-refractivity contribution in [2.75, 3.05) is 19.7 Å². The molecule has 3 fully saturated rings. The van der Waals surface area contributed by atoms with E-state index in [0.29, 0.717) is 26.1 Å². The first kappa shape index (κ1) is 29.4. The van der Waals surface area contributed by atoms with Gasteiger partial charge in [-0.05, 0) is 53.0 Å². The molecule has 3 aliphatic rings. The van der Waals surface area contributed by atoms with Crippen LogP contribution in [0.2, 0.25) is 0 Å². The molecular weight excluding hydrogens is 510 g/mol. The van der Waals surface area contributed by atoms with Crippen molar-refractivity contribution in [2.45, 2.75) is 81.1 Å². The van der Waals surface area contributed by atoms with Crippen molar-refractivity contribution >= 4 is 29.5 Å². The second kappa shape index (κ2) is 10.8. The average molecular weight is 554 g/mol. The molecule has 8 heteroatoms. The summed E-state index contributed by atoms with van der Waals surface area (Å²) in [6.07, 6.45) is 4.84. The third-order valence-corrected chi connectivity index (χ3v) is 10.7. The second-order valence-electron chi connectivity index (χ2n) is 12.4. The Hall–Kier alpha value is -2.58. The van der Waals surface area contributed by atoms with Crippen molar-refractivity contribution in [3.63, 3.8) is 0 Å². The maximum Gasteiger partial charge on any atom is 0.247 e. The van der Waals surface area contributed by atoms with Gasteiger partial charge in [0.2, 0.25) is 17.7 Å². The summed E-state index contributed by atoms with van der Waals surface area (Å²) >= 11 is 1.66. The third-order valence-electron chi connectivity index (χ3n) is 8.72. The first-order valence-corrected chi connectivity index (χ1v) is 14.7. The summed E-state index contributed by atoms with van der Waals surface area (Å²) in [6, 6.07) is 8.51. The molecular formula is C31H43N3O4S. The molecule has 212 valence electrons. The van der Waals surface area contributed by atoms with E-state index in [2.05, 4.69) is 20.1 Å². The van der Waals surface area contributed by atoms with E-state index in [0.717, 1.165) is 12.0 Å². The monoisotopic (exact) mass is 553 g/mol. The lowest BCUT2D eigenvalue weighted by Gasteiger charge is -2.43. The van der Waals surface area contributed by atoms with E-state index in [1.807, 2.05) is 51.1 Å². The van der Waals surface area contributed by atoms with E-state index in [9.17, 15) is 19.5 Å². The summed E-state index contributed by atoms with van der Waals surface area (Å²) in [5.74, 6) is -1.62. The van der Waals surface area contributed by atoms with Crippen LogP contribution in [0.5, 0.6) is 0 Å². The SMILES string of the molecule is C=CCN(Cc1ccccc1)C(=O)[C@@H]1[C@H]2C(=O)N([C@H](C)CO)C(C(=O)N(CC=C)C(C)(C)C)C23CC[C@@]1(C)S3. The molecule has 1 aromatic rings. The minimum absolute atomic E-state index is 0.0721. The summed E-state index contributed by atoms with van der Waals surface area (Å²) < 4.78 is -1.20. The Morgan fingerprint density at radius 3 is 2.36 bits per heavy atom. The highest BCUT2D eigenvalue weighted by atomic mass is 32.2. The minimum atomic E-state index is -0.761. The van der Waals surface area contributed by atoms with Crippen LogP contribution in [0, 0.1) is 11.8 Å². The molecule has 3 saturated heterocycles. The van der Waals surface area contributed by atoms with Crippen molar-refractivity contribution in [1.29, 1.82) is 0 Å². The molecule has 0 aromatic heterocycles. The molecule has 6 atom stereocenters. The summed E-state index contributed by atoms with van der Waals surface area (Å²) in [6.45, 7) is 18.4. The van der Waals surface area contributed by atoms with Crippen LogP contribution in [0.4, 0.5) is 0 Å². The predicted octanol–water partition coefficient (Wildman–Crippen LogP) is 3.88. The number of hydrogen-bond donors (Lipinski definition) is 1. The number of hydrogen-bond acceptors (Lipinski definition) is 5. The minimum Gasteiger partial charge on any atom is -0.394 e. The highest BCUT2D eigenvalue weighted by Gasteiger charge is 2.78. The highest BCUT2D eigenvalue weighted by Crippen LogP contribution is 2.72. The number of nitrogens with zero attached hydrogens (tertiary/aromatic N) is 3. The number of fused-ring (bicyclic) bond motifs is 1. The predicted molar refractivity (Wildman–Crippen MR) is 156 cm³/mol. The molecule has 4 rings (SSSR count). The summed E-state index contributed by atoms with van der Waals surface area (Å²) in [5, 5.41) is 10.2. The maximum atomic E-state index is 14.4. The molecule has 2 unspecified atom stereocenters. The Kier molecular flexibility index (Phi) is 8.12. The number of benzene rings is 1. The zero-order valence-electron chi connectivity index (χ0n) is 23.9. The standard InChI is InChI=1S/C31H43N3O4S/c1-8-17-32(19-22-13-11-10-12-14-22)26(36)23-24-27(37)34(21(3)20-35)25(31(24)16-15-30(23,7)39-31)28(38)33(18-9-2)29(4,5)6/h8-14,21,23-25,35H,1-2,15-20H2,3-7H3/t21-,23+,24+,25?,30-,31?/m1/s1. The second-order valence-corrected chi connectivity index (χ2v) is 14.3. The Morgan fingerprint density at radius 1 is 1.15 bits per heavy atom. The Morgan fingerprint density at radius 2 is 1.79 bits per heavy atom. The lowest BCUT2D eigenvalue weighted by molar-refractivity contribution is -0.149. The van der Waals surface area contributed by atoms with Gasteiger partial charge in [0.05, 0.1) is 29.2 Å². The first-order valence-electron chi connectivity index (χ1n) is 13.9. The van der Waals surface area contributed by atoms with Gasteiger partial charge in [0.1, 0.15) is 6.04 Å². The van der Waals surface area contributed by atoms with Gasteiger partial charge in [-0.3, -0.25) is 14.4 Å². The fourth-order valence-corrected chi connectivity index (χ4v) is 9.27. The van der Waals surface area contributed by atoms with E-state index in [1.54, 1.807) is 45.5 Å². The van der Waals surface area contributed by atoms with Crippen LogP contribution < -0.4 is 0 Å². The van der Waals surface area contributed by atoms with Crippen molar-refractivity contribution in [3.8, 4) is 0 Å². The van der Waals surface area contributed by atoms with Gasteiger partial charge in [-0.1, -0.05) is 42.5 Å². The summed E-state index contributed by atoms with van der Waals surface area (Å²) in [5.41, 5.74) is 0.517.